The van der Waals surface area contributed by atoms with Crippen LogP contribution in [0.25, 0.3) is 28.2 Å². The maximum absolute atomic E-state index is 5.17. The van der Waals surface area contributed by atoms with Crippen LogP contribution in [-0.4, -0.2) is 39.8 Å². The van der Waals surface area contributed by atoms with Crippen LogP contribution in [0.2, 0.25) is 0 Å². The van der Waals surface area contributed by atoms with Crippen LogP contribution < -0.4 is 10.6 Å². The number of nitrogens with zero attached hydrogens (tertiary/aromatic N) is 3. The van der Waals surface area contributed by atoms with Crippen LogP contribution in [-0.2, 0) is 0 Å². The minimum atomic E-state index is 0.430. The molecule has 6 nitrogen and oxygen atoms in total. The van der Waals surface area contributed by atoms with Crippen LogP contribution in [0.1, 0.15) is 56.5 Å². The molecular formula is C27H36N6. The number of benzene rings is 1. The molecule has 1 saturated carbocycles. The van der Waals surface area contributed by atoms with Gasteiger partial charge < -0.3 is 10.6 Å². The van der Waals surface area contributed by atoms with E-state index in [1.165, 1.54) is 36.8 Å². The zero-order chi connectivity index (χ0) is 23.4. The lowest BCUT2D eigenvalue weighted by atomic mass is 9.87. The fourth-order valence-corrected chi connectivity index (χ4v) is 4.67. The van der Waals surface area contributed by atoms with Gasteiger partial charge in [-0.1, -0.05) is 31.2 Å². The normalized spacial score (nSPS) is 19.0. The van der Waals surface area contributed by atoms with Crippen molar-refractivity contribution in [3.8, 4) is 22.6 Å². The number of aryl methyl sites for hydroxylation is 2. The molecule has 1 aliphatic carbocycles. The van der Waals surface area contributed by atoms with Crippen LogP contribution in [0.3, 0.4) is 0 Å². The molecule has 33 heavy (non-hydrogen) atoms. The third-order valence-corrected chi connectivity index (χ3v) is 6.63. The van der Waals surface area contributed by atoms with Crippen molar-refractivity contribution >= 4 is 11.4 Å². The molecule has 0 saturated heterocycles. The van der Waals surface area contributed by atoms with E-state index in [1.54, 1.807) is 0 Å². The van der Waals surface area contributed by atoms with E-state index in [1.807, 2.05) is 14.0 Å². The summed E-state index contributed by atoms with van der Waals surface area (Å²) >= 11 is 0. The van der Waals surface area contributed by atoms with E-state index in [4.69, 9.17) is 4.98 Å². The van der Waals surface area contributed by atoms with Gasteiger partial charge >= 0.3 is 0 Å². The van der Waals surface area contributed by atoms with Gasteiger partial charge in [-0.15, -0.1) is 0 Å². The monoisotopic (exact) mass is 444 g/mol. The molecule has 0 aliphatic heterocycles. The molecule has 0 atom stereocenters. The van der Waals surface area contributed by atoms with Crippen molar-refractivity contribution in [2.75, 3.05) is 18.9 Å². The van der Waals surface area contributed by atoms with Gasteiger partial charge in [-0.3, -0.25) is 5.10 Å². The van der Waals surface area contributed by atoms with E-state index in [-0.39, 0.29) is 0 Å². The summed E-state index contributed by atoms with van der Waals surface area (Å²) in [5, 5.41) is 14.4. The van der Waals surface area contributed by atoms with Gasteiger partial charge in [0.2, 0.25) is 0 Å². The van der Waals surface area contributed by atoms with Gasteiger partial charge in [-0.2, -0.15) is 5.10 Å². The Labute approximate surface area is 197 Å². The molecule has 2 heterocycles. The Morgan fingerprint density at radius 1 is 1.12 bits per heavy atom. The van der Waals surface area contributed by atoms with Crippen LogP contribution in [0.15, 0.2) is 36.4 Å². The van der Waals surface area contributed by atoms with E-state index < -0.39 is 0 Å². The van der Waals surface area contributed by atoms with Gasteiger partial charge in [0.25, 0.3) is 0 Å². The fraction of sp³-hybridized carbons (Fsp3) is 0.444. The van der Waals surface area contributed by atoms with Crippen molar-refractivity contribution in [1.82, 2.24) is 25.5 Å². The topological polar surface area (TPSA) is 78.5 Å². The maximum atomic E-state index is 5.17. The number of aromatic amines is 1. The van der Waals surface area contributed by atoms with E-state index in [0.717, 1.165) is 46.5 Å². The summed E-state index contributed by atoms with van der Waals surface area (Å²) in [6, 6.07) is 11.3. The Bertz CT molecular complexity index is 1120. The zero-order valence-electron chi connectivity index (χ0n) is 20.5. The Hall–Kier alpha value is -2.99. The summed E-state index contributed by atoms with van der Waals surface area (Å²) in [6.45, 7) is 9.32. The number of anilines is 1. The van der Waals surface area contributed by atoms with Crippen LogP contribution in [0.5, 0.6) is 0 Å². The van der Waals surface area contributed by atoms with Gasteiger partial charge in [-0.05, 0) is 88.3 Å². The van der Waals surface area contributed by atoms with E-state index in [2.05, 4.69) is 83.0 Å². The number of rotatable bonds is 7. The van der Waals surface area contributed by atoms with Crippen molar-refractivity contribution in [3.63, 3.8) is 0 Å². The highest BCUT2D eigenvalue weighted by Gasteiger charge is 2.22. The average molecular weight is 445 g/mol. The van der Waals surface area contributed by atoms with E-state index in [9.17, 15) is 0 Å². The Morgan fingerprint density at radius 2 is 1.91 bits per heavy atom. The minimum absolute atomic E-state index is 0.430. The second-order valence-corrected chi connectivity index (χ2v) is 9.32. The standard InChI is InChI=1S/C27H36N6/c1-6-20(16-28-5)21-8-7-9-22(15-21)25-18(3)14-24(27-29-19(4)32-33-27)26(31-25)30-23-12-10-17(2)11-13-23/h6-9,14-15,17,23,28H,10-13,16H2,1-5H3,(H,30,31)(H,29,32,33)/b20-6+. The summed E-state index contributed by atoms with van der Waals surface area (Å²) < 4.78 is 0. The van der Waals surface area contributed by atoms with Crippen LogP contribution >= 0.6 is 0 Å². The number of H-pyrrole nitrogens is 1. The van der Waals surface area contributed by atoms with E-state index in [0.29, 0.717) is 11.9 Å². The molecule has 3 aromatic rings. The molecule has 0 amide bonds. The molecule has 0 radical (unpaired) electrons. The smallest absolute Gasteiger partial charge is 0.184 e. The molecule has 1 aliphatic rings. The largest absolute Gasteiger partial charge is 0.367 e. The number of allylic oxidation sites excluding steroid dienone is 1. The number of pyridine rings is 1. The van der Waals surface area contributed by atoms with Crippen molar-refractivity contribution in [3.05, 3.63) is 53.4 Å². The lowest BCUT2D eigenvalue weighted by Crippen LogP contribution is -2.26. The third-order valence-electron chi connectivity index (χ3n) is 6.63. The molecule has 2 aromatic heterocycles. The fourth-order valence-electron chi connectivity index (χ4n) is 4.67. The molecule has 0 bridgehead atoms. The summed E-state index contributed by atoms with van der Waals surface area (Å²) in [5.74, 6) is 3.18. The predicted molar refractivity (Wildman–Crippen MR) is 137 cm³/mol. The molecule has 0 spiro atoms. The average Bonchev–Trinajstić information content (AvgIpc) is 3.26. The van der Waals surface area contributed by atoms with Gasteiger partial charge in [0.1, 0.15) is 11.6 Å². The number of nitrogens with one attached hydrogen (secondary N) is 3. The van der Waals surface area contributed by atoms with Crippen LogP contribution in [0.4, 0.5) is 5.82 Å². The molecule has 1 fully saturated rings. The van der Waals surface area contributed by atoms with Gasteiger partial charge in [0.05, 0.1) is 11.3 Å². The number of hydrogen-bond acceptors (Lipinski definition) is 5. The number of aromatic nitrogens is 4. The highest BCUT2D eigenvalue weighted by atomic mass is 15.2. The molecule has 174 valence electrons. The molecule has 6 heteroatoms. The van der Waals surface area contributed by atoms with E-state index >= 15 is 0 Å². The molecule has 1 aromatic carbocycles. The Balaban J connectivity index is 1.75. The van der Waals surface area contributed by atoms with Crippen molar-refractivity contribution in [2.24, 2.45) is 5.92 Å². The molecule has 4 rings (SSSR count). The lowest BCUT2D eigenvalue weighted by molar-refractivity contribution is 0.361. The molecular weight excluding hydrogens is 408 g/mol. The first-order chi connectivity index (χ1) is 16.0. The van der Waals surface area contributed by atoms with Crippen molar-refractivity contribution in [2.45, 2.75) is 59.4 Å². The quantitative estimate of drug-likeness (QED) is 0.431. The highest BCUT2D eigenvalue weighted by Crippen LogP contribution is 2.34. The van der Waals surface area contributed by atoms with Gasteiger partial charge in [0, 0.05) is 18.2 Å². The second-order valence-electron chi connectivity index (χ2n) is 9.32. The highest BCUT2D eigenvalue weighted by molar-refractivity contribution is 5.78. The summed E-state index contributed by atoms with van der Waals surface area (Å²) in [6.07, 6.45) is 7.02. The van der Waals surface area contributed by atoms with Gasteiger partial charge in [-0.25, -0.2) is 9.97 Å². The Morgan fingerprint density at radius 3 is 2.58 bits per heavy atom. The second kappa shape index (κ2) is 10.3. The van der Waals surface area contributed by atoms with Crippen molar-refractivity contribution in [1.29, 1.82) is 0 Å². The molecule has 0 unspecified atom stereocenters. The first-order valence-electron chi connectivity index (χ1n) is 12.1. The van der Waals surface area contributed by atoms with Gasteiger partial charge in [0.15, 0.2) is 5.82 Å². The van der Waals surface area contributed by atoms with Crippen molar-refractivity contribution < 1.29 is 0 Å². The SMILES string of the molecule is C/C=C(\CNC)c1cccc(-c2nc(NC3CCC(C)CC3)c(-c3n[nH]c(C)n3)cc2C)c1. The maximum Gasteiger partial charge on any atom is 0.184 e. The number of likely N-dealkylation sites (N-methyl/N-ethyl adjacent to an activating group) is 1. The first kappa shape index (κ1) is 23.2. The Kier molecular flexibility index (Phi) is 7.23. The van der Waals surface area contributed by atoms with Crippen LogP contribution in [0, 0.1) is 19.8 Å². The zero-order valence-corrected chi connectivity index (χ0v) is 20.5. The molecule has 3 N–H and O–H groups in total. The minimum Gasteiger partial charge on any atom is -0.367 e. The number of hydrogen-bond donors (Lipinski definition) is 3. The first-order valence-corrected chi connectivity index (χ1v) is 12.1. The third kappa shape index (κ3) is 5.33. The summed E-state index contributed by atoms with van der Waals surface area (Å²) in [4.78, 5) is 9.77. The lowest BCUT2D eigenvalue weighted by Gasteiger charge is -2.28. The predicted octanol–water partition coefficient (Wildman–Crippen LogP) is 5.76. The summed E-state index contributed by atoms with van der Waals surface area (Å²) in [7, 11) is 1.98. The summed E-state index contributed by atoms with van der Waals surface area (Å²) in [5.41, 5.74) is 6.69.